The summed E-state index contributed by atoms with van der Waals surface area (Å²) in [6.45, 7) is 4.19. The SMILES string of the molecule is CCc1cnc(CNC(=O)C2(CN)CCOCC2)s1. The van der Waals surface area contributed by atoms with Crippen molar-refractivity contribution >= 4 is 17.2 Å². The van der Waals surface area contributed by atoms with E-state index in [0.717, 1.165) is 11.4 Å². The molecule has 1 aromatic rings. The van der Waals surface area contributed by atoms with E-state index in [-0.39, 0.29) is 5.91 Å². The Morgan fingerprint density at radius 2 is 2.32 bits per heavy atom. The molecular weight excluding hydrogens is 262 g/mol. The van der Waals surface area contributed by atoms with Crippen LogP contribution in [0.3, 0.4) is 0 Å². The minimum absolute atomic E-state index is 0.0338. The first kappa shape index (κ1) is 14.4. The molecule has 1 aliphatic heterocycles. The monoisotopic (exact) mass is 283 g/mol. The van der Waals surface area contributed by atoms with Gasteiger partial charge in [0.2, 0.25) is 5.91 Å². The molecule has 1 saturated heterocycles. The molecule has 0 radical (unpaired) electrons. The second-order valence-corrected chi connectivity index (χ2v) is 6.05. The Hall–Kier alpha value is -0.980. The Balaban J connectivity index is 1.92. The largest absolute Gasteiger partial charge is 0.381 e. The van der Waals surface area contributed by atoms with Gasteiger partial charge in [0.05, 0.1) is 12.0 Å². The highest BCUT2D eigenvalue weighted by atomic mass is 32.1. The van der Waals surface area contributed by atoms with Crippen molar-refractivity contribution < 1.29 is 9.53 Å². The number of nitrogens with two attached hydrogens (primary N) is 1. The second kappa shape index (κ2) is 6.45. The summed E-state index contributed by atoms with van der Waals surface area (Å²) >= 11 is 1.65. The van der Waals surface area contributed by atoms with Crippen LogP contribution < -0.4 is 11.1 Å². The van der Waals surface area contributed by atoms with Gasteiger partial charge in [-0.1, -0.05) is 6.92 Å². The Labute approximate surface area is 117 Å². The smallest absolute Gasteiger partial charge is 0.228 e. The average Bonchev–Trinajstić information content (AvgIpc) is 2.93. The summed E-state index contributed by atoms with van der Waals surface area (Å²) < 4.78 is 5.31. The fraction of sp³-hybridized carbons (Fsp3) is 0.692. The van der Waals surface area contributed by atoms with Crippen LogP contribution in [-0.4, -0.2) is 30.6 Å². The zero-order valence-corrected chi connectivity index (χ0v) is 12.1. The zero-order chi connectivity index (χ0) is 13.7. The van der Waals surface area contributed by atoms with Gasteiger partial charge >= 0.3 is 0 Å². The molecule has 5 nitrogen and oxygen atoms in total. The molecule has 0 aromatic carbocycles. The normalized spacial score (nSPS) is 18.2. The molecule has 3 N–H and O–H groups in total. The van der Waals surface area contributed by atoms with Crippen LogP contribution in [0.1, 0.15) is 29.7 Å². The van der Waals surface area contributed by atoms with Crippen molar-refractivity contribution in [3.8, 4) is 0 Å². The molecule has 0 atom stereocenters. The summed E-state index contributed by atoms with van der Waals surface area (Å²) in [7, 11) is 0. The molecule has 1 amide bonds. The molecule has 1 fully saturated rings. The van der Waals surface area contributed by atoms with Crippen LogP contribution >= 0.6 is 11.3 Å². The lowest BCUT2D eigenvalue weighted by atomic mass is 9.79. The summed E-state index contributed by atoms with van der Waals surface area (Å²) in [4.78, 5) is 17.9. The van der Waals surface area contributed by atoms with E-state index in [2.05, 4.69) is 17.2 Å². The number of ether oxygens (including phenoxy) is 1. The highest BCUT2D eigenvalue weighted by molar-refractivity contribution is 7.11. The summed E-state index contributed by atoms with van der Waals surface area (Å²) in [5.74, 6) is 0.0338. The van der Waals surface area contributed by atoms with Gasteiger partial charge in [-0.15, -0.1) is 11.3 Å². The van der Waals surface area contributed by atoms with Gasteiger partial charge in [0.25, 0.3) is 0 Å². The quantitative estimate of drug-likeness (QED) is 0.847. The van der Waals surface area contributed by atoms with E-state index in [0.29, 0.717) is 39.1 Å². The van der Waals surface area contributed by atoms with E-state index in [9.17, 15) is 4.79 Å². The number of carbonyl (C=O) groups is 1. The number of nitrogens with zero attached hydrogens (tertiary/aromatic N) is 1. The van der Waals surface area contributed by atoms with Crippen LogP contribution in [0.25, 0.3) is 0 Å². The average molecular weight is 283 g/mol. The molecule has 106 valence electrons. The van der Waals surface area contributed by atoms with Crippen LogP contribution in [0.15, 0.2) is 6.20 Å². The Kier molecular flexibility index (Phi) is 4.90. The molecule has 19 heavy (non-hydrogen) atoms. The number of hydrogen-bond acceptors (Lipinski definition) is 5. The van der Waals surface area contributed by atoms with Crippen LogP contribution in [0.4, 0.5) is 0 Å². The van der Waals surface area contributed by atoms with Crippen molar-refractivity contribution in [2.45, 2.75) is 32.7 Å². The topological polar surface area (TPSA) is 77.2 Å². The molecule has 0 aliphatic carbocycles. The van der Waals surface area contributed by atoms with Crippen molar-refractivity contribution in [2.75, 3.05) is 19.8 Å². The second-order valence-electron chi connectivity index (χ2n) is 4.85. The van der Waals surface area contributed by atoms with Gasteiger partial charge in [0.1, 0.15) is 5.01 Å². The first-order valence-corrected chi connectivity index (χ1v) is 7.51. The maximum atomic E-state index is 12.3. The van der Waals surface area contributed by atoms with Gasteiger partial charge in [-0.25, -0.2) is 4.98 Å². The molecule has 2 heterocycles. The van der Waals surface area contributed by atoms with E-state index in [1.165, 1.54) is 4.88 Å². The lowest BCUT2D eigenvalue weighted by molar-refractivity contribution is -0.136. The third kappa shape index (κ3) is 3.32. The summed E-state index contributed by atoms with van der Waals surface area (Å²) in [5, 5.41) is 3.92. The number of nitrogens with one attached hydrogen (secondary N) is 1. The van der Waals surface area contributed by atoms with Gasteiger partial charge in [0.15, 0.2) is 0 Å². The third-order valence-electron chi connectivity index (χ3n) is 3.67. The van der Waals surface area contributed by atoms with Crippen molar-refractivity contribution in [3.05, 3.63) is 16.1 Å². The molecule has 0 spiro atoms. The highest BCUT2D eigenvalue weighted by Crippen LogP contribution is 2.29. The number of thiazole rings is 1. The number of amides is 1. The maximum absolute atomic E-state index is 12.3. The maximum Gasteiger partial charge on any atom is 0.228 e. The van der Waals surface area contributed by atoms with Gasteiger partial charge in [-0.3, -0.25) is 4.79 Å². The van der Waals surface area contributed by atoms with Crippen molar-refractivity contribution in [1.82, 2.24) is 10.3 Å². The van der Waals surface area contributed by atoms with Crippen molar-refractivity contribution in [2.24, 2.45) is 11.1 Å². The fourth-order valence-electron chi connectivity index (χ4n) is 2.22. The molecule has 1 aromatic heterocycles. The van der Waals surface area contributed by atoms with Crippen molar-refractivity contribution in [1.29, 1.82) is 0 Å². The molecule has 2 rings (SSSR count). The van der Waals surface area contributed by atoms with Gasteiger partial charge in [-0.2, -0.15) is 0 Å². The molecular formula is C13H21N3O2S. The fourth-order valence-corrected chi connectivity index (χ4v) is 3.02. The van der Waals surface area contributed by atoms with Gasteiger partial charge in [0, 0.05) is 30.8 Å². The molecule has 0 saturated carbocycles. The first-order chi connectivity index (χ1) is 9.20. The lowest BCUT2D eigenvalue weighted by Crippen LogP contribution is -2.48. The van der Waals surface area contributed by atoms with E-state index < -0.39 is 5.41 Å². The Morgan fingerprint density at radius 3 is 2.89 bits per heavy atom. The molecule has 6 heteroatoms. The summed E-state index contributed by atoms with van der Waals surface area (Å²) in [5.41, 5.74) is 5.35. The predicted molar refractivity (Wildman–Crippen MR) is 74.9 cm³/mol. The summed E-state index contributed by atoms with van der Waals surface area (Å²) in [6.07, 6.45) is 4.26. The third-order valence-corrected chi connectivity index (χ3v) is 4.81. The molecule has 1 aliphatic rings. The van der Waals surface area contributed by atoms with Crippen LogP contribution in [0, 0.1) is 5.41 Å². The van der Waals surface area contributed by atoms with Crippen LogP contribution in [0.5, 0.6) is 0 Å². The minimum atomic E-state index is -0.455. The molecule has 0 bridgehead atoms. The van der Waals surface area contributed by atoms with Crippen LogP contribution in [0.2, 0.25) is 0 Å². The number of aromatic nitrogens is 1. The number of hydrogen-bond donors (Lipinski definition) is 2. The Bertz CT molecular complexity index is 427. The number of rotatable bonds is 5. The zero-order valence-electron chi connectivity index (χ0n) is 11.3. The predicted octanol–water partition coefficient (Wildman–Crippen LogP) is 1.08. The van der Waals surface area contributed by atoms with E-state index in [1.807, 2.05) is 6.20 Å². The van der Waals surface area contributed by atoms with E-state index in [4.69, 9.17) is 10.5 Å². The minimum Gasteiger partial charge on any atom is -0.381 e. The molecule has 0 unspecified atom stereocenters. The standard InChI is InChI=1S/C13H21N3O2S/c1-2-10-7-15-11(19-10)8-16-12(17)13(9-14)3-5-18-6-4-13/h7H,2-6,8-9,14H2,1H3,(H,16,17). The summed E-state index contributed by atoms with van der Waals surface area (Å²) in [6, 6.07) is 0. The van der Waals surface area contributed by atoms with Gasteiger partial charge in [-0.05, 0) is 19.3 Å². The van der Waals surface area contributed by atoms with Crippen molar-refractivity contribution in [3.63, 3.8) is 0 Å². The van der Waals surface area contributed by atoms with E-state index >= 15 is 0 Å². The van der Waals surface area contributed by atoms with E-state index in [1.54, 1.807) is 11.3 Å². The highest BCUT2D eigenvalue weighted by Gasteiger charge is 2.38. The van der Waals surface area contributed by atoms with Crippen LogP contribution in [-0.2, 0) is 22.5 Å². The first-order valence-electron chi connectivity index (χ1n) is 6.70. The Morgan fingerprint density at radius 1 is 1.58 bits per heavy atom. The van der Waals surface area contributed by atoms with Gasteiger partial charge < -0.3 is 15.8 Å². The lowest BCUT2D eigenvalue weighted by Gasteiger charge is -2.34. The number of carbonyl (C=O) groups excluding carboxylic acids is 1. The number of aryl methyl sites for hydroxylation is 1.